The molecule has 0 amide bonds. The third-order valence-electron chi connectivity index (χ3n) is 9.68. The molecule has 0 spiro atoms. The van der Waals surface area contributed by atoms with Crippen LogP contribution in [0.2, 0.25) is 39.3 Å². The van der Waals surface area contributed by atoms with Gasteiger partial charge in [-0.3, -0.25) is 0 Å². The summed E-state index contributed by atoms with van der Waals surface area (Å²) >= 11 is 0. The van der Waals surface area contributed by atoms with Gasteiger partial charge in [0.15, 0.2) is 0 Å². The zero-order valence-electron chi connectivity index (χ0n) is 23.1. The molecule has 3 atom stereocenters. The second-order valence-corrected chi connectivity index (χ2v) is 26.5. The van der Waals surface area contributed by atoms with E-state index in [0.717, 1.165) is 58.3 Å². The van der Waals surface area contributed by atoms with Gasteiger partial charge in [0.25, 0.3) is 0 Å². The molecule has 3 fully saturated rings. The third kappa shape index (κ3) is 4.28. The SMILES string of the molecule is C=C[Si](C)(C)C1([C](C2([Si](C)(C)C=C)CCCCO2)C2([Si](C)(C)C=C)CCCCO2)CCCCO1. The highest BCUT2D eigenvalue weighted by molar-refractivity contribution is 6.90. The minimum absolute atomic E-state index is 0.345. The minimum Gasteiger partial charge on any atom is -0.377 e. The van der Waals surface area contributed by atoms with Gasteiger partial charge in [-0.2, -0.15) is 0 Å². The molecule has 3 nitrogen and oxygen atoms in total. The minimum atomic E-state index is -2.11. The molecule has 1 radical (unpaired) electrons. The maximum Gasteiger partial charge on any atom is 0.109 e. The van der Waals surface area contributed by atoms with Crippen LogP contribution in [0.4, 0.5) is 0 Å². The topological polar surface area (TPSA) is 27.7 Å². The fourth-order valence-corrected chi connectivity index (χ4v) is 15.3. The van der Waals surface area contributed by atoms with Crippen molar-refractivity contribution in [2.75, 3.05) is 19.8 Å². The van der Waals surface area contributed by atoms with Crippen LogP contribution in [-0.2, 0) is 14.2 Å². The van der Waals surface area contributed by atoms with Crippen LogP contribution in [0.15, 0.2) is 36.8 Å². The molecule has 0 saturated carbocycles. The summed E-state index contributed by atoms with van der Waals surface area (Å²) in [6, 6.07) is 0. The fourth-order valence-electron chi connectivity index (χ4n) is 6.94. The van der Waals surface area contributed by atoms with Crippen molar-refractivity contribution in [3.8, 4) is 0 Å². The third-order valence-corrected chi connectivity index (χ3v) is 20.9. The highest BCUT2D eigenvalue weighted by atomic mass is 28.3. The molecule has 193 valence electrons. The van der Waals surface area contributed by atoms with Crippen molar-refractivity contribution < 1.29 is 14.2 Å². The van der Waals surface area contributed by atoms with Gasteiger partial charge in [0.2, 0.25) is 0 Å². The molecule has 0 bridgehead atoms. The molecular weight excluding hydrogens is 469 g/mol. The number of hydrogen-bond acceptors (Lipinski definition) is 3. The summed E-state index contributed by atoms with van der Waals surface area (Å²) in [5, 5.41) is -1.03. The predicted octanol–water partition coefficient (Wildman–Crippen LogP) is 7.30. The Bertz CT molecular complexity index is 640. The lowest BCUT2D eigenvalue weighted by atomic mass is 9.78. The average Bonchev–Trinajstić information content (AvgIpc) is 2.85. The molecule has 3 aliphatic heterocycles. The van der Waals surface area contributed by atoms with Gasteiger partial charge in [0.1, 0.15) is 24.2 Å². The Morgan fingerprint density at radius 2 is 0.794 bits per heavy atom. The van der Waals surface area contributed by atoms with Gasteiger partial charge < -0.3 is 14.2 Å². The summed E-state index contributed by atoms with van der Waals surface area (Å²) in [6.07, 6.45) is 10.1. The molecule has 3 saturated heterocycles. The molecule has 3 heterocycles. The number of rotatable bonds is 9. The van der Waals surface area contributed by atoms with E-state index in [4.69, 9.17) is 14.2 Å². The first kappa shape index (κ1) is 28.3. The van der Waals surface area contributed by atoms with Gasteiger partial charge in [-0.1, -0.05) is 56.4 Å². The van der Waals surface area contributed by atoms with Crippen molar-refractivity contribution in [1.82, 2.24) is 0 Å². The Hall–Kier alpha value is -0.249. The summed E-state index contributed by atoms with van der Waals surface area (Å²) in [4.78, 5) is 0. The van der Waals surface area contributed by atoms with Gasteiger partial charge in [-0.15, -0.1) is 19.7 Å². The number of hydrogen-bond donors (Lipinski definition) is 0. The van der Waals surface area contributed by atoms with E-state index in [9.17, 15) is 0 Å². The van der Waals surface area contributed by atoms with Crippen molar-refractivity contribution in [1.29, 1.82) is 0 Å². The summed E-state index contributed by atoms with van der Waals surface area (Å²) in [7, 11) is -6.34. The molecule has 0 aromatic heterocycles. The van der Waals surface area contributed by atoms with Gasteiger partial charge in [-0.05, 0) is 57.8 Å². The summed E-state index contributed by atoms with van der Waals surface area (Å²) in [6.45, 7) is 30.4. The lowest BCUT2D eigenvalue weighted by molar-refractivity contribution is -0.133. The zero-order chi connectivity index (χ0) is 25.3. The molecule has 3 rings (SSSR count). The first-order chi connectivity index (χ1) is 15.9. The molecule has 34 heavy (non-hydrogen) atoms. The maximum absolute atomic E-state index is 7.19. The normalized spacial score (nSPS) is 34.0. The Labute approximate surface area is 213 Å². The molecule has 0 N–H and O–H groups in total. The largest absolute Gasteiger partial charge is 0.377 e. The highest BCUT2D eigenvalue weighted by Crippen LogP contribution is 2.61. The van der Waals surface area contributed by atoms with Crippen LogP contribution in [0.3, 0.4) is 0 Å². The first-order valence-electron chi connectivity index (χ1n) is 13.6. The Morgan fingerprint density at radius 3 is 0.971 bits per heavy atom. The number of ether oxygens (including phenoxy) is 3. The van der Waals surface area contributed by atoms with E-state index >= 15 is 0 Å². The Balaban J connectivity index is 2.45. The monoisotopic (exact) mass is 519 g/mol. The Morgan fingerprint density at radius 1 is 0.529 bits per heavy atom. The van der Waals surface area contributed by atoms with Crippen molar-refractivity contribution in [3.05, 3.63) is 42.8 Å². The van der Waals surface area contributed by atoms with Gasteiger partial charge in [0, 0.05) is 19.8 Å². The molecule has 3 aliphatic rings. The first-order valence-corrected chi connectivity index (χ1v) is 22.9. The smallest absolute Gasteiger partial charge is 0.109 e. The zero-order valence-corrected chi connectivity index (χ0v) is 26.1. The fraction of sp³-hybridized carbons (Fsp3) is 0.750. The van der Waals surface area contributed by atoms with Gasteiger partial charge in [-0.25, -0.2) is 0 Å². The molecule has 6 heteroatoms. The molecule has 0 aromatic rings. The molecule has 0 aliphatic carbocycles. The van der Waals surface area contributed by atoms with Crippen LogP contribution >= 0.6 is 0 Å². The summed E-state index contributed by atoms with van der Waals surface area (Å²) in [5.74, 6) is 1.48. The van der Waals surface area contributed by atoms with Crippen LogP contribution in [0.5, 0.6) is 0 Å². The quantitative estimate of drug-likeness (QED) is 0.299. The van der Waals surface area contributed by atoms with Crippen LogP contribution in [-0.4, -0.2) is 59.7 Å². The van der Waals surface area contributed by atoms with E-state index in [1.54, 1.807) is 0 Å². The lowest BCUT2D eigenvalue weighted by Gasteiger charge is -2.68. The Kier molecular flexibility index (Phi) is 8.54. The molecule has 3 unspecified atom stereocenters. The second-order valence-electron chi connectivity index (χ2n) is 12.6. The van der Waals surface area contributed by atoms with E-state index < -0.39 is 24.2 Å². The highest BCUT2D eigenvalue weighted by Gasteiger charge is 2.73. The van der Waals surface area contributed by atoms with Crippen molar-refractivity contribution in [2.24, 2.45) is 0 Å². The summed E-state index contributed by atoms with van der Waals surface area (Å²) < 4.78 is 21.6. The predicted molar refractivity (Wildman–Crippen MR) is 154 cm³/mol. The summed E-state index contributed by atoms with van der Waals surface area (Å²) in [5.41, 5.74) is 6.82. The average molecular weight is 520 g/mol. The van der Waals surface area contributed by atoms with Crippen molar-refractivity contribution >= 4 is 24.2 Å². The van der Waals surface area contributed by atoms with Crippen LogP contribution < -0.4 is 0 Å². The van der Waals surface area contributed by atoms with E-state index in [1.807, 2.05) is 0 Å². The van der Waals surface area contributed by atoms with Crippen molar-refractivity contribution in [2.45, 2.75) is 113 Å². The van der Waals surface area contributed by atoms with Crippen molar-refractivity contribution in [3.63, 3.8) is 0 Å². The maximum atomic E-state index is 7.19. The van der Waals surface area contributed by atoms with E-state index in [0.29, 0.717) is 0 Å². The van der Waals surface area contributed by atoms with Crippen LogP contribution in [0, 0.1) is 5.92 Å². The lowest BCUT2D eigenvalue weighted by Crippen LogP contribution is -2.80. The van der Waals surface area contributed by atoms with E-state index in [-0.39, 0.29) is 15.7 Å². The molecule has 0 aromatic carbocycles. The standard InChI is InChI=1S/C28H51O3Si3/c1-10-32(4,5)26(19-13-16-22-29-26)25(27(33(6,7)11-2)20-14-17-23-30-27)28(34(8,9)12-3)21-15-18-24-31-28/h10-12H,1-3,13-24H2,4-9H3. The van der Waals surface area contributed by atoms with Crippen LogP contribution in [0.1, 0.15) is 57.8 Å². The second kappa shape index (κ2) is 10.3. The van der Waals surface area contributed by atoms with E-state index in [1.165, 1.54) is 25.2 Å². The molecular formula is C28H51O3Si3. The van der Waals surface area contributed by atoms with Gasteiger partial charge in [0.05, 0.1) is 21.6 Å². The van der Waals surface area contributed by atoms with E-state index in [2.05, 4.69) is 76.1 Å². The van der Waals surface area contributed by atoms with Crippen LogP contribution in [0.25, 0.3) is 0 Å². The van der Waals surface area contributed by atoms with Gasteiger partial charge >= 0.3 is 0 Å².